The van der Waals surface area contributed by atoms with Crippen LogP contribution in [0.5, 0.6) is 11.6 Å². The van der Waals surface area contributed by atoms with E-state index in [-0.39, 0.29) is 17.7 Å². The van der Waals surface area contributed by atoms with Gasteiger partial charge in [0.15, 0.2) is 5.13 Å². The van der Waals surface area contributed by atoms with Crippen LogP contribution < -0.4 is 15.4 Å². The summed E-state index contributed by atoms with van der Waals surface area (Å²) in [6, 6.07) is 18.3. The number of nitrogens with zero attached hydrogens (tertiary/aromatic N) is 3. The lowest BCUT2D eigenvalue weighted by Gasteiger charge is -2.16. The Morgan fingerprint density at radius 1 is 1.08 bits per heavy atom. The number of ether oxygens (including phenoxy) is 1. The number of hydrogen-bond acceptors (Lipinski definition) is 7. The summed E-state index contributed by atoms with van der Waals surface area (Å²) in [5.41, 5.74) is 2.67. The SMILES string of the molecule is Cc1ccc(NC(=O)c2cccc(C(C)(C)C#N)c2)cc1Oc1ccc2nc(NC(=O)C3CC3)sc2n1. The number of fused-ring (bicyclic) bond motifs is 1. The van der Waals surface area contributed by atoms with Crippen molar-refractivity contribution in [1.82, 2.24) is 9.97 Å². The first-order valence-electron chi connectivity index (χ1n) is 11.9. The van der Waals surface area contributed by atoms with Gasteiger partial charge in [0, 0.05) is 29.3 Å². The van der Waals surface area contributed by atoms with Gasteiger partial charge in [0.1, 0.15) is 16.1 Å². The number of hydrogen-bond donors (Lipinski definition) is 2. The normalized spacial score (nSPS) is 13.1. The second-order valence-corrected chi connectivity index (χ2v) is 10.6. The van der Waals surface area contributed by atoms with Crippen molar-refractivity contribution in [3.05, 3.63) is 71.3 Å². The Bertz CT molecular complexity index is 1570. The van der Waals surface area contributed by atoms with Crippen LogP contribution in [0, 0.1) is 24.2 Å². The van der Waals surface area contributed by atoms with Crippen molar-refractivity contribution in [2.75, 3.05) is 10.6 Å². The zero-order valence-electron chi connectivity index (χ0n) is 20.7. The molecule has 8 nitrogen and oxygen atoms in total. The van der Waals surface area contributed by atoms with Gasteiger partial charge in [0.2, 0.25) is 11.8 Å². The van der Waals surface area contributed by atoms with Crippen LogP contribution in [0.25, 0.3) is 10.3 Å². The molecular formula is C28H25N5O3S. The first-order chi connectivity index (χ1) is 17.7. The summed E-state index contributed by atoms with van der Waals surface area (Å²) < 4.78 is 6.06. The first-order valence-corrected chi connectivity index (χ1v) is 12.7. The Morgan fingerprint density at radius 3 is 2.65 bits per heavy atom. The monoisotopic (exact) mass is 511 g/mol. The maximum atomic E-state index is 12.9. The number of benzene rings is 2. The molecule has 0 aliphatic heterocycles. The number of pyridine rings is 1. The topological polar surface area (TPSA) is 117 Å². The third-order valence-electron chi connectivity index (χ3n) is 6.19. The summed E-state index contributed by atoms with van der Waals surface area (Å²) >= 11 is 1.30. The van der Waals surface area contributed by atoms with Crippen LogP contribution in [0.4, 0.5) is 10.8 Å². The van der Waals surface area contributed by atoms with Gasteiger partial charge < -0.3 is 15.4 Å². The molecule has 2 heterocycles. The summed E-state index contributed by atoms with van der Waals surface area (Å²) in [4.78, 5) is 34.6. The molecule has 0 bridgehead atoms. The molecule has 2 aromatic heterocycles. The van der Waals surface area contributed by atoms with Crippen molar-refractivity contribution in [2.45, 2.75) is 39.0 Å². The Labute approximate surface area is 218 Å². The van der Waals surface area contributed by atoms with Gasteiger partial charge in [-0.2, -0.15) is 5.26 Å². The smallest absolute Gasteiger partial charge is 0.255 e. The Hall–Kier alpha value is -4.29. The molecule has 186 valence electrons. The number of nitriles is 1. The second kappa shape index (κ2) is 9.64. The minimum absolute atomic E-state index is 0.00511. The summed E-state index contributed by atoms with van der Waals surface area (Å²) in [7, 11) is 0. The highest BCUT2D eigenvalue weighted by atomic mass is 32.1. The van der Waals surface area contributed by atoms with Crippen molar-refractivity contribution in [3.63, 3.8) is 0 Å². The number of carbonyl (C=O) groups is 2. The number of thiazole rings is 1. The highest BCUT2D eigenvalue weighted by molar-refractivity contribution is 7.21. The summed E-state index contributed by atoms with van der Waals surface area (Å²) in [6.07, 6.45) is 1.86. The number of nitrogens with one attached hydrogen (secondary N) is 2. The second-order valence-electron chi connectivity index (χ2n) is 9.61. The lowest BCUT2D eigenvalue weighted by molar-refractivity contribution is -0.117. The molecule has 2 N–H and O–H groups in total. The molecule has 0 atom stereocenters. The number of aromatic nitrogens is 2. The molecule has 4 aromatic rings. The predicted molar refractivity (Wildman–Crippen MR) is 143 cm³/mol. The molecule has 9 heteroatoms. The predicted octanol–water partition coefficient (Wildman–Crippen LogP) is 6.19. The van der Waals surface area contributed by atoms with Crippen LogP contribution in [-0.4, -0.2) is 21.8 Å². The van der Waals surface area contributed by atoms with Crippen LogP contribution in [-0.2, 0) is 10.2 Å². The number of amides is 2. The Balaban J connectivity index is 1.32. The van der Waals surface area contributed by atoms with Crippen molar-refractivity contribution in [3.8, 4) is 17.7 Å². The fourth-order valence-electron chi connectivity index (χ4n) is 3.68. The van der Waals surface area contributed by atoms with Gasteiger partial charge in [0.05, 0.1) is 11.5 Å². The highest BCUT2D eigenvalue weighted by Crippen LogP contribution is 2.33. The molecular weight excluding hydrogens is 486 g/mol. The molecule has 0 radical (unpaired) electrons. The Morgan fingerprint density at radius 2 is 1.89 bits per heavy atom. The zero-order chi connectivity index (χ0) is 26.2. The lowest BCUT2D eigenvalue weighted by Crippen LogP contribution is -2.17. The number of anilines is 2. The molecule has 1 aliphatic rings. The van der Waals surface area contributed by atoms with E-state index < -0.39 is 5.41 Å². The molecule has 1 saturated carbocycles. The third kappa shape index (κ3) is 5.44. The first kappa shape index (κ1) is 24.4. The minimum Gasteiger partial charge on any atom is -0.439 e. The summed E-state index contributed by atoms with van der Waals surface area (Å²) in [5, 5.41) is 15.7. The molecule has 37 heavy (non-hydrogen) atoms. The van der Waals surface area contributed by atoms with Gasteiger partial charge >= 0.3 is 0 Å². The molecule has 0 spiro atoms. The van der Waals surface area contributed by atoms with E-state index >= 15 is 0 Å². The fraction of sp³-hybridized carbons (Fsp3) is 0.250. The Kier molecular flexibility index (Phi) is 6.36. The highest BCUT2D eigenvalue weighted by Gasteiger charge is 2.30. The van der Waals surface area contributed by atoms with Crippen molar-refractivity contribution in [1.29, 1.82) is 5.26 Å². The molecule has 0 unspecified atom stereocenters. The van der Waals surface area contributed by atoms with E-state index in [2.05, 4.69) is 26.7 Å². The van der Waals surface area contributed by atoms with Crippen LogP contribution >= 0.6 is 11.3 Å². The van der Waals surface area contributed by atoms with Crippen molar-refractivity contribution in [2.24, 2.45) is 5.92 Å². The van der Waals surface area contributed by atoms with Gasteiger partial charge in [0.25, 0.3) is 5.91 Å². The van der Waals surface area contributed by atoms with E-state index in [9.17, 15) is 14.9 Å². The summed E-state index contributed by atoms with van der Waals surface area (Å²) in [6.45, 7) is 5.54. The van der Waals surface area contributed by atoms with Crippen LogP contribution in [0.2, 0.25) is 0 Å². The van der Waals surface area contributed by atoms with E-state index in [1.54, 1.807) is 42.5 Å². The number of carbonyl (C=O) groups excluding carboxylic acids is 2. The van der Waals surface area contributed by atoms with Gasteiger partial charge in [-0.3, -0.25) is 9.59 Å². The van der Waals surface area contributed by atoms with E-state index in [0.717, 1.165) is 24.0 Å². The fourth-order valence-corrected chi connectivity index (χ4v) is 4.51. The van der Waals surface area contributed by atoms with Gasteiger partial charge in [-0.25, -0.2) is 9.97 Å². The summed E-state index contributed by atoms with van der Waals surface area (Å²) in [5.74, 6) is 0.758. The van der Waals surface area contributed by atoms with Crippen LogP contribution in [0.3, 0.4) is 0 Å². The minimum atomic E-state index is -0.698. The van der Waals surface area contributed by atoms with Crippen molar-refractivity contribution >= 4 is 44.3 Å². The van der Waals surface area contributed by atoms with E-state index in [4.69, 9.17) is 4.74 Å². The lowest BCUT2D eigenvalue weighted by atomic mass is 9.85. The molecule has 1 fully saturated rings. The third-order valence-corrected chi connectivity index (χ3v) is 7.08. The number of rotatable bonds is 7. The molecule has 2 aromatic carbocycles. The van der Waals surface area contributed by atoms with Gasteiger partial charge in [-0.05, 0) is 69.0 Å². The van der Waals surface area contributed by atoms with E-state index in [0.29, 0.717) is 38.4 Å². The average molecular weight is 512 g/mol. The maximum absolute atomic E-state index is 12.9. The standard InChI is InChI=1S/C28H25N5O3S/c1-16-7-10-20(30-25(35)18-5-4-6-19(13-18)28(2,3)15-29)14-22(16)36-23-12-11-21-26(32-23)37-27(31-21)33-24(34)17-8-9-17/h4-7,10-14,17H,8-9H2,1-3H3,(H,30,35)(H,31,33,34). The average Bonchev–Trinajstić information content (AvgIpc) is 3.67. The van der Waals surface area contributed by atoms with Gasteiger partial charge in [-0.1, -0.05) is 29.5 Å². The van der Waals surface area contributed by atoms with E-state index in [1.165, 1.54) is 11.3 Å². The van der Waals surface area contributed by atoms with Crippen molar-refractivity contribution < 1.29 is 14.3 Å². The van der Waals surface area contributed by atoms with Gasteiger partial charge in [-0.15, -0.1) is 0 Å². The van der Waals surface area contributed by atoms with Crippen LogP contribution in [0.15, 0.2) is 54.6 Å². The molecule has 0 saturated heterocycles. The zero-order valence-corrected chi connectivity index (χ0v) is 21.5. The van der Waals surface area contributed by atoms with Crippen LogP contribution in [0.1, 0.15) is 48.2 Å². The number of aryl methyl sites for hydroxylation is 1. The molecule has 1 aliphatic carbocycles. The maximum Gasteiger partial charge on any atom is 0.255 e. The molecule has 2 amide bonds. The molecule has 5 rings (SSSR count). The van der Waals surface area contributed by atoms with E-state index in [1.807, 2.05) is 32.9 Å². The largest absolute Gasteiger partial charge is 0.439 e. The quantitative estimate of drug-likeness (QED) is 0.305.